The van der Waals surface area contributed by atoms with Gasteiger partial charge in [-0.15, -0.1) is 0 Å². The Morgan fingerprint density at radius 2 is 2.17 bits per heavy atom. The molecule has 2 aromatic rings. The standard InChI is InChI=1S/C19H25N3O/c1-3-10-20-17(7-1)14-16-6-5-8-18(15-16)23-13-12-22-19-9-2-4-11-21-19/h2,4-6,8-9,11,15,17,20H,1,3,7,10,12-14H2,(H,21,22). The fourth-order valence-corrected chi connectivity index (χ4v) is 2.96. The van der Waals surface area contributed by atoms with Gasteiger partial charge >= 0.3 is 0 Å². The molecule has 1 aromatic heterocycles. The quantitative estimate of drug-likeness (QED) is 0.771. The lowest BCUT2D eigenvalue weighted by molar-refractivity contribution is 0.332. The van der Waals surface area contributed by atoms with Crippen molar-refractivity contribution in [3.8, 4) is 5.75 Å². The van der Waals surface area contributed by atoms with Crippen molar-refractivity contribution in [2.24, 2.45) is 0 Å². The van der Waals surface area contributed by atoms with E-state index < -0.39 is 0 Å². The first kappa shape index (κ1) is 15.8. The molecule has 1 saturated heterocycles. The summed E-state index contributed by atoms with van der Waals surface area (Å²) >= 11 is 0. The lowest BCUT2D eigenvalue weighted by atomic mass is 9.98. The molecule has 1 fully saturated rings. The van der Waals surface area contributed by atoms with Crippen molar-refractivity contribution in [3.05, 3.63) is 54.2 Å². The molecule has 4 heteroatoms. The molecule has 2 N–H and O–H groups in total. The molecular formula is C19H25N3O. The molecular weight excluding hydrogens is 286 g/mol. The van der Waals surface area contributed by atoms with Crippen molar-refractivity contribution in [1.29, 1.82) is 0 Å². The minimum Gasteiger partial charge on any atom is -0.492 e. The van der Waals surface area contributed by atoms with Gasteiger partial charge in [0.1, 0.15) is 18.2 Å². The molecule has 0 radical (unpaired) electrons. The summed E-state index contributed by atoms with van der Waals surface area (Å²) in [7, 11) is 0. The van der Waals surface area contributed by atoms with Gasteiger partial charge in [0, 0.05) is 12.2 Å². The Kier molecular flexibility index (Phi) is 5.87. The van der Waals surface area contributed by atoms with Crippen LogP contribution in [0, 0.1) is 0 Å². The van der Waals surface area contributed by atoms with Crippen LogP contribution in [0.2, 0.25) is 0 Å². The minimum atomic E-state index is 0.616. The summed E-state index contributed by atoms with van der Waals surface area (Å²) in [5.74, 6) is 1.83. The highest BCUT2D eigenvalue weighted by Gasteiger charge is 2.13. The molecule has 0 amide bonds. The number of aromatic nitrogens is 1. The number of nitrogens with zero attached hydrogens (tertiary/aromatic N) is 1. The van der Waals surface area contributed by atoms with Crippen LogP contribution >= 0.6 is 0 Å². The van der Waals surface area contributed by atoms with E-state index in [9.17, 15) is 0 Å². The van der Waals surface area contributed by atoms with Crippen LogP contribution < -0.4 is 15.4 Å². The summed E-state index contributed by atoms with van der Waals surface area (Å²) in [6, 6.07) is 14.9. The van der Waals surface area contributed by atoms with Crippen molar-refractivity contribution < 1.29 is 4.74 Å². The topological polar surface area (TPSA) is 46.2 Å². The number of hydrogen-bond donors (Lipinski definition) is 2. The van der Waals surface area contributed by atoms with Crippen molar-refractivity contribution in [2.45, 2.75) is 31.7 Å². The van der Waals surface area contributed by atoms with Crippen LogP contribution in [-0.4, -0.2) is 30.7 Å². The Morgan fingerprint density at radius 1 is 1.17 bits per heavy atom. The third-order valence-corrected chi connectivity index (χ3v) is 4.13. The van der Waals surface area contributed by atoms with E-state index in [4.69, 9.17) is 4.74 Å². The van der Waals surface area contributed by atoms with E-state index in [1.807, 2.05) is 24.3 Å². The Labute approximate surface area is 138 Å². The molecule has 3 rings (SSSR count). The first-order valence-corrected chi connectivity index (χ1v) is 8.50. The molecule has 4 nitrogen and oxygen atoms in total. The van der Waals surface area contributed by atoms with Gasteiger partial charge < -0.3 is 15.4 Å². The predicted molar refractivity (Wildman–Crippen MR) is 94.0 cm³/mol. The molecule has 1 aliphatic heterocycles. The van der Waals surface area contributed by atoms with E-state index in [1.54, 1.807) is 6.20 Å². The van der Waals surface area contributed by atoms with Crippen molar-refractivity contribution in [1.82, 2.24) is 10.3 Å². The molecule has 1 aromatic carbocycles. The van der Waals surface area contributed by atoms with Crippen LogP contribution in [0.4, 0.5) is 5.82 Å². The van der Waals surface area contributed by atoms with Gasteiger partial charge in [0.2, 0.25) is 0 Å². The van der Waals surface area contributed by atoms with Gasteiger partial charge in [0.15, 0.2) is 0 Å². The molecule has 0 spiro atoms. The van der Waals surface area contributed by atoms with Gasteiger partial charge in [0.05, 0.1) is 6.54 Å². The van der Waals surface area contributed by atoms with Crippen molar-refractivity contribution >= 4 is 5.82 Å². The average molecular weight is 311 g/mol. The normalized spacial score (nSPS) is 17.7. The second-order valence-corrected chi connectivity index (χ2v) is 5.99. The highest BCUT2D eigenvalue weighted by molar-refractivity contribution is 5.33. The molecule has 0 saturated carbocycles. The SMILES string of the molecule is c1ccc(NCCOc2cccc(CC3CCCCN3)c2)nc1. The number of benzene rings is 1. The average Bonchev–Trinajstić information content (AvgIpc) is 2.61. The van der Waals surface area contributed by atoms with Crippen LogP contribution in [0.15, 0.2) is 48.7 Å². The van der Waals surface area contributed by atoms with E-state index >= 15 is 0 Å². The first-order valence-electron chi connectivity index (χ1n) is 8.50. The fraction of sp³-hybridized carbons (Fsp3) is 0.421. The molecule has 23 heavy (non-hydrogen) atoms. The number of anilines is 1. The highest BCUT2D eigenvalue weighted by atomic mass is 16.5. The Morgan fingerprint density at radius 3 is 3.00 bits per heavy atom. The highest BCUT2D eigenvalue weighted by Crippen LogP contribution is 2.17. The zero-order chi connectivity index (χ0) is 15.7. The van der Waals surface area contributed by atoms with Crippen LogP contribution in [0.25, 0.3) is 0 Å². The largest absolute Gasteiger partial charge is 0.492 e. The molecule has 0 aliphatic carbocycles. The van der Waals surface area contributed by atoms with Gasteiger partial charge in [0.25, 0.3) is 0 Å². The van der Waals surface area contributed by atoms with E-state index in [0.717, 1.165) is 31.1 Å². The smallest absolute Gasteiger partial charge is 0.125 e. The Hall–Kier alpha value is -2.07. The predicted octanol–water partition coefficient (Wildman–Crippen LogP) is 3.26. The zero-order valence-corrected chi connectivity index (χ0v) is 13.5. The third kappa shape index (κ3) is 5.25. The summed E-state index contributed by atoms with van der Waals surface area (Å²) in [5, 5.41) is 6.85. The molecule has 1 aliphatic rings. The van der Waals surface area contributed by atoms with Gasteiger partial charge in [-0.25, -0.2) is 4.98 Å². The van der Waals surface area contributed by atoms with Gasteiger partial charge in [-0.3, -0.25) is 0 Å². The number of hydrogen-bond acceptors (Lipinski definition) is 4. The van der Waals surface area contributed by atoms with E-state index in [-0.39, 0.29) is 0 Å². The number of ether oxygens (including phenoxy) is 1. The Bertz CT molecular complexity index is 582. The second-order valence-electron chi connectivity index (χ2n) is 5.99. The fourth-order valence-electron chi connectivity index (χ4n) is 2.96. The molecule has 2 heterocycles. The van der Waals surface area contributed by atoms with E-state index in [1.165, 1.54) is 24.8 Å². The summed E-state index contributed by atoms with van der Waals surface area (Å²) in [4.78, 5) is 4.23. The lowest BCUT2D eigenvalue weighted by Crippen LogP contribution is -2.35. The van der Waals surface area contributed by atoms with Crippen LogP contribution in [0.5, 0.6) is 5.75 Å². The summed E-state index contributed by atoms with van der Waals surface area (Å²) in [6.07, 6.45) is 6.80. The molecule has 1 unspecified atom stereocenters. The maximum Gasteiger partial charge on any atom is 0.125 e. The molecule has 1 atom stereocenters. The van der Waals surface area contributed by atoms with Crippen LogP contribution in [0.3, 0.4) is 0 Å². The van der Waals surface area contributed by atoms with Gasteiger partial charge in [-0.2, -0.15) is 0 Å². The number of rotatable bonds is 7. The summed E-state index contributed by atoms with van der Waals surface area (Å²) in [5.41, 5.74) is 1.35. The summed E-state index contributed by atoms with van der Waals surface area (Å²) in [6.45, 7) is 2.52. The van der Waals surface area contributed by atoms with Gasteiger partial charge in [-0.1, -0.05) is 24.6 Å². The number of piperidine rings is 1. The maximum absolute atomic E-state index is 5.85. The van der Waals surface area contributed by atoms with Crippen molar-refractivity contribution in [3.63, 3.8) is 0 Å². The second kappa shape index (κ2) is 8.53. The zero-order valence-electron chi connectivity index (χ0n) is 13.5. The molecule has 122 valence electrons. The van der Waals surface area contributed by atoms with Crippen LogP contribution in [0.1, 0.15) is 24.8 Å². The van der Waals surface area contributed by atoms with E-state index in [0.29, 0.717) is 12.6 Å². The monoisotopic (exact) mass is 311 g/mol. The number of pyridine rings is 1. The first-order chi connectivity index (χ1) is 11.4. The molecule has 0 bridgehead atoms. The number of nitrogens with one attached hydrogen (secondary N) is 2. The summed E-state index contributed by atoms with van der Waals surface area (Å²) < 4.78 is 5.85. The minimum absolute atomic E-state index is 0.616. The van der Waals surface area contributed by atoms with Gasteiger partial charge in [-0.05, 0) is 55.6 Å². The van der Waals surface area contributed by atoms with Crippen LogP contribution in [-0.2, 0) is 6.42 Å². The third-order valence-electron chi connectivity index (χ3n) is 4.13. The maximum atomic E-state index is 5.85. The Balaban J connectivity index is 1.43. The van der Waals surface area contributed by atoms with Crippen molar-refractivity contribution in [2.75, 3.05) is 25.0 Å². The lowest BCUT2D eigenvalue weighted by Gasteiger charge is -2.23. The van der Waals surface area contributed by atoms with E-state index in [2.05, 4.69) is 33.8 Å².